The van der Waals surface area contributed by atoms with E-state index in [1.54, 1.807) is 14.0 Å². The van der Waals surface area contributed by atoms with Crippen molar-refractivity contribution >= 4 is 27.4 Å². The topological polar surface area (TPSA) is 70.4 Å². The lowest BCUT2D eigenvalue weighted by atomic mass is 10.0. The van der Waals surface area contributed by atoms with Gasteiger partial charge >= 0.3 is 5.97 Å². The fourth-order valence-corrected chi connectivity index (χ4v) is 4.02. The Kier molecular flexibility index (Phi) is 12.4. The average Bonchev–Trinajstić information content (AvgIpc) is 3.16. The van der Waals surface area contributed by atoms with E-state index in [9.17, 15) is 9.59 Å². The molecular weight excluding hydrogens is 436 g/mol. The van der Waals surface area contributed by atoms with Crippen LogP contribution in [-0.4, -0.2) is 29.5 Å². The maximum atomic E-state index is 12.1. The molecule has 2 aromatic heterocycles. The molecule has 0 N–H and O–H groups in total. The molecule has 0 saturated carbocycles. The number of nitrogens with zero attached hydrogens (tertiary/aromatic N) is 2. The molecule has 7 heteroatoms. The van der Waals surface area contributed by atoms with Crippen LogP contribution in [0.1, 0.15) is 57.2 Å². The number of esters is 1. The second-order valence-electron chi connectivity index (χ2n) is 8.11. The minimum atomic E-state index is -0.445. The van der Waals surface area contributed by atoms with Gasteiger partial charge in [0, 0.05) is 10.3 Å². The first-order valence-electron chi connectivity index (χ1n) is 11.4. The highest BCUT2D eigenvalue weighted by atomic mass is 32.1. The first-order valence-corrected chi connectivity index (χ1v) is 12.2. The summed E-state index contributed by atoms with van der Waals surface area (Å²) in [6, 6.07) is 10.2. The minimum absolute atomic E-state index is 0.138. The molecule has 0 saturated heterocycles. The minimum Gasteiger partial charge on any atom is -0.497 e. The number of rotatable bonds is 6. The van der Waals surface area contributed by atoms with Crippen molar-refractivity contribution in [3.63, 3.8) is 0 Å². The van der Waals surface area contributed by atoms with E-state index in [0.29, 0.717) is 11.3 Å². The summed E-state index contributed by atoms with van der Waals surface area (Å²) in [4.78, 5) is 24.6. The number of thiophene rings is 1. The molecule has 0 unspecified atom stereocenters. The number of fused-ring (bicyclic) bond motifs is 1. The Morgan fingerprint density at radius 2 is 1.73 bits per heavy atom. The van der Waals surface area contributed by atoms with Gasteiger partial charge in [-0.1, -0.05) is 46.2 Å². The quantitative estimate of drug-likeness (QED) is 0.413. The number of carbonyl (C=O) groups is 1. The van der Waals surface area contributed by atoms with Gasteiger partial charge in [-0.25, -0.2) is 4.68 Å². The lowest BCUT2D eigenvalue weighted by Gasteiger charge is -2.05. The predicted octanol–water partition coefficient (Wildman–Crippen LogP) is 5.95. The van der Waals surface area contributed by atoms with E-state index in [0.717, 1.165) is 34.0 Å². The number of carbonyl (C=O) groups excluding carboxylic acids is 1. The number of aryl methyl sites for hydroxylation is 2. The van der Waals surface area contributed by atoms with Gasteiger partial charge in [0.2, 0.25) is 0 Å². The van der Waals surface area contributed by atoms with Crippen molar-refractivity contribution in [2.45, 2.75) is 67.9 Å². The van der Waals surface area contributed by atoms with Crippen LogP contribution in [0.3, 0.4) is 0 Å². The third-order valence-corrected chi connectivity index (χ3v) is 5.37. The highest BCUT2D eigenvalue weighted by Crippen LogP contribution is 2.23. The van der Waals surface area contributed by atoms with Crippen LogP contribution < -0.4 is 10.3 Å². The Labute approximate surface area is 201 Å². The number of hydrogen-bond donors (Lipinski definition) is 0. The van der Waals surface area contributed by atoms with Gasteiger partial charge in [-0.15, -0.1) is 11.3 Å². The Morgan fingerprint density at radius 3 is 2.24 bits per heavy atom. The van der Waals surface area contributed by atoms with Gasteiger partial charge in [-0.3, -0.25) is 9.59 Å². The molecule has 0 radical (unpaired) electrons. The van der Waals surface area contributed by atoms with Crippen molar-refractivity contribution in [3.05, 3.63) is 56.8 Å². The predicted molar refractivity (Wildman–Crippen MR) is 137 cm³/mol. The summed E-state index contributed by atoms with van der Waals surface area (Å²) < 4.78 is 11.7. The first kappa shape index (κ1) is 28.4. The summed E-state index contributed by atoms with van der Waals surface area (Å²) in [6.07, 6.45) is 2.39. The van der Waals surface area contributed by atoms with Crippen molar-refractivity contribution in [2.75, 3.05) is 13.7 Å². The van der Waals surface area contributed by atoms with Gasteiger partial charge in [-0.05, 0) is 56.9 Å². The number of ether oxygens (including phenoxy) is 2. The van der Waals surface area contributed by atoms with Crippen LogP contribution in [-0.2, 0) is 22.5 Å². The molecule has 0 aliphatic carbocycles. The van der Waals surface area contributed by atoms with Crippen LogP contribution in [0, 0.1) is 19.8 Å². The van der Waals surface area contributed by atoms with Gasteiger partial charge in [-0.2, -0.15) is 5.10 Å². The summed E-state index contributed by atoms with van der Waals surface area (Å²) in [7, 11) is 1.69. The summed E-state index contributed by atoms with van der Waals surface area (Å²) in [5, 5.41) is 5.01. The SMILES string of the molecule is CCC.CCOC(=O)Cn1nc(C)c2cc(C)sc2c1=O.COc1ccc(CC(C)C)cc1. The summed E-state index contributed by atoms with van der Waals surface area (Å²) >= 11 is 1.42. The molecule has 0 bridgehead atoms. The molecule has 0 spiro atoms. The van der Waals surface area contributed by atoms with Crippen LogP contribution in [0.25, 0.3) is 10.1 Å². The average molecular weight is 475 g/mol. The highest BCUT2D eigenvalue weighted by molar-refractivity contribution is 7.18. The Morgan fingerprint density at radius 1 is 1.12 bits per heavy atom. The third-order valence-electron chi connectivity index (χ3n) is 4.33. The molecule has 33 heavy (non-hydrogen) atoms. The summed E-state index contributed by atoms with van der Waals surface area (Å²) in [6.45, 7) is 14.4. The van der Waals surface area contributed by atoms with E-state index in [2.05, 4.69) is 44.9 Å². The zero-order valence-corrected chi connectivity index (χ0v) is 22.0. The van der Waals surface area contributed by atoms with Crippen molar-refractivity contribution < 1.29 is 14.3 Å². The second-order valence-corrected chi connectivity index (χ2v) is 9.36. The van der Waals surface area contributed by atoms with E-state index in [1.807, 2.05) is 32.0 Å². The monoisotopic (exact) mass is 474 g/mol. The fraction of sp³-hybridized carbons (Fsp3) is 0.500. The van der Waals surface area contributed by atoms with Crippen molar-refractivity contribution in [3.8, 4) is 5.75 Å². The molecule has 0 fully saturated rings. The molecule has 1 aromatic carbocycles. The fourth-order valence-electron chi connectivity index (χ4n) is 3.01. The highest BCUT2D eigenvalue weighted by Gasteiger charge is 2.13. The lowest BCUT2D eigenvalue weighted by Crippen LogP contribution is -2.27. The Balaban J connectivity index is 0.000000314. The van der Waals surface area contributed by atoms with Crippen LogP contribution in [0.5, 0.6) is 5.75 Å². The van der Waals surface area contributed by atoms with E-state index in [-0.39, 0.29) is 12.1 Å². The first-order chi connectivity index (χ1) is 15.7. The molecule has 3 rings (SSSR count). The number of aromatic nitrogens is 2. The molecule has 182 valence electrons. The number of hydrogen-bond acceptors (Lipinski definition) is 6. The molecule has 3 aromatic rings. The molecule has 0 aliphatic rings. The molecule has 0 atom stereocenters. The summed E-state index contributed by atoms with van der Waals surface area (Å²) in [5.41, 5.74) is 1.89. The summed E-state index contributed by atoms with van der Waals surface area (Å²) in [5.74, 6) is 1.21. The molecule has 2 heterocycles. The zero-order chi connectivity index (χ0) is 25.0. The Bertz CT molecular complexity index is 1050. The van der Waals surface area contributed by atoms with E-state index < -0.39 is 5.97 Å². The third kappa shape index (κ3) is 9.38. The standard InChI is InChI=1S/C12H14N2O3S.C11H16O.C3H8/c1-4-17-10(15)6-14-12(16)11-9(8(3)13-14)5-7(2)18-11;1-9(2)8-10-4-6-11(12-3)7-5-10;1-3-2/h5H,4,6H2,1-3H3;4-7,9H,8H2,1-3H3;3H2,1-2H3. The normalized spacial score (nSPS) is 10.2. The van der Waals surface area contributed by atoms with Crippen molar-refractivity contribution in [1.29, 1.82) is 0 Å². The maximum Gasteiger partial charge on any atom is 0.327 e. The van der Waals surface area contributed by atoms with Gasteiger partial charge in [0.15, 0.2) is 0 Å². The van der Waals surface area contributed by atoms with Crippen LogP contribution in [0.4, 0.5) is 0 Å². The van der Waals surface area contributed by atoms with Crippen molar-refractivity contribution in [1.82, 2.24) is 9.78 Å². The maximum absolute atomic E-state index is 12.1. The number of methoxy groups -OCH3 is 1. The van der Waals surface area contributed by atoms with Crippen LogP contribution in [0.15, 0.2) is 35.1 Å². The largest absolute Gasteiger partial charge is 0.497 e. The van der Waals surface area contributed by atoms with Gasteiger partial charge in [0.25, 0.3) is 5.56 Å². The van der Waals surface area contributed by atoms with Gasteiger partial charge in [0.1, 0.15) is 17.0 Å². The zero-order valence-electron chi connectivity index (χ0n) is 21.2. The van der Waals surface area contributed by atoms with Crippen LogP contribution >= 0.6 is 11.3 Å². The van der Waals surface area contributed by atoms with Gasteiger partial charge < -0.3 is 9.47 Å². The smallest absolute Gasteiger partial charge is 0.327 e. The van der Waals surface area contributed by atoms with E-state index >= 15 is 0 Å². The second kappa shape index (κ2) is 14.5. The molecular formula is C26H38N2O4S. The molecule has 0 aliphatic heterocycles. The lowest BCUT2D eigenvalue weighted by molar-refractivity contribution is -0.144. The van der Waals surface area contributed by atoms with Gasteiger partial charge in [0.05, 0.1) is 19.4 Å². The van der Waals surface area contributed by atoms with Crippen molar-refractivity contribution in [2.24, 2.45) is 5.92 Å². The van der Waals surface area contributed by atoms with E-state index in [4.69, 9.17) is 9.47 Å². The number of benzene rings is 1. The van der Waals surface area contributed by atoms with E-state index in [1.165, 1.54) is 28.0 Å². The Hall–Kier alpha value is -2.67. The molecule has 0 amide bonds. The van der Waals surface area contributed by atoms with Crippen LogP contribution in [0.2, 0.25) is 0 Å². The molecule has 6 nitrogen and oxygen atoms in total.